The van der Waals surface area contributed by atoms with Crippen molar-refractivity contribution < 1.29 is 22.7 Å². The number of ether oxygens (including phenoxy) is 1. The number of halogens is 4. The fraction of sp³-hybridized carbons (Fsp3) is 0.417. The van der Waals surface area contributed by atoms with Gasteiger partial charge in [-0.05, 0) is 24.6 Å². The minimum absolute atomic E-state index is 0.0422. The predicted molar refractivity (Wildman–Crippen MR) is 70.5 cm³/mol. The summed E-state index contributed by atoms with van der Waals surface area (Å²) in [6.07, 6.45) is -3.64. The lowest BCUT2D eigenvalue weighted by molar-refractivity contribution is -0.274. The fourth-order valence-corrected chi connectivity index (χ4v) is 2.26. The Labute approximate surface area is 121 Å². The third kappa shape index (κ3) is 4.29. The molecule has 4 nitrogen and oxygen atoms in total. The second-order valence-corrected chi connectivity index (χ2v) is 5.29. The number of hydrogen-bond acceptors (Lipinski definition) is 3. The van der Waals surface area contributed by atoms with Gasteiger partial charge in [-0.3, -0.25) is 4.79 Å². The third-order valence-electron chi connectivity index (χ3n) is 2.79. The van der Waals surface area contributed by atoms with Crippen LogP contribution in [0.1, 0.15) is 12.8 Å². The van der Waals surface area contributed by atoms with Crippen molar-refractivity contribution in [1.29, 1.82) is 0 Å². The van der Waals surface area contributed by atoms with Gasteiger partial charge in [0.05, 0.1) is 5.69 Å². The summed E-state index contributed by atoms with van der Waals surface area (Å²) in [6, 6.07) is 4.26. The number of alkyl halides is 3. The number of carbonyl (C=O) groups is 1. The molecule has 1 aromatic rings. The second-order valence-electron chi connectivity index (χ2n) is 4.37. The van der Waals surface area contributed by atoms with Crippen LogP contribution in [0.25, 0.3) is 0 Å². The van der Waals surface area contributed by atoms with Crippen LogP contribution in [0, 0.1) is 0 Å². The molecule has 1 atom stereocenters. The van der Waals surface area contributed by atoms with Crippen molar-refractivity contribution in [3.8, 4) is 5.75 Å². The van der Waals surface area contributed by atoms with Gasteiger partial charge in [0.1, 0.15) is 0 Å². The molecule has 0 aromatic heterocycles. The standard InChI is InChI=1S/C12H12BrF3N2O2/c13-7-1-3-9(10(5-7)20-12(14,15)16)17-6-8-2-4-11(19)18-8/h1,3,5,8,17H,2,4,6H2,(H,18,19). The Morgan fingerprint density at radius 2 is 2.20 bits per heavy atom. The van der Waals surface area contributed by atoms with Crippen molar-refractivity contribution in [1.82, 2.24) is 5.32 Å². The maximum atomic E-state index is 12.3. The van der Waals surface area contributed by atoms with E-state index in [1.807, 2.05) is 0 Å². The maximum Gasteiger partial charge on any atom is 0.573 e. The Morgan fingerprint density at radius 3 is 2.80 bits per heavy atom. The molecule has 2 rings (SSSR count). The monoisotopic (exact) mass is 352 g/mol. The van der Waals surface area contributed by atoms with Crippen LogP contribution in [0.5, 0.6) is 5.75 Å². The van der Waals surface area contributed by atoms with Crippen LogP contribution in [0.2, 0.25) is 0 Å². The van der Waals surface area contributed by atoms with E-state index in [1.54, 1.807) is 6.07 Å². The summed E-state index contributed by atoms with van der Waals surface area (Å²) in [5.74, 6) is -0.351. The van der Waals surface area contributed by atoms with Gasteiger partial charge >= 0.3 is 6.36 Å². The predicted octanol–water partition coefficient (Wildman–Crippen LogP) is 3.04. The summed E-state index contributed by atoms with van der Waals surface area (Å²) in [4.78, 5) is 11.0. The van der Waals surface area contributed by atoms with Crippen LogP contribution in [0.4, 0.5) is 18.9 Å². The van der Waals surface area contributed by atoms with Crippen LogP contribution in [0.15, 0.2) is 22.7 Å². The van der Waals surface area contributed by atoms with E-state index < -0.39 is 6.36 Å². The van der Waals surface area contributed by atoms with Gasteiger partial charge in [-0.25, -0.2) is 0 Å². The van der Waals surface area contributed by atoms with E-state index in [0.29, 0.717) is 23.9 Å². The number of rotatable bonds is 4. The molecular formula is C12H12BrF3N2O2. The van der Waals surface area contributed by atoms with E-state index in [4.69, 9.17) is 0 Å². The van der Waals surface area contributed by atoms with Crippen molar-refractivity contribution in [2.45, 2.75) is 25.2 Å². The molecule has 1 aliphatic rings. The van der Waals surface area contributed by atoms with E-state index >= 15 is 0 Å². The van der Waals surface area contributed by atoms with E-state index in [-0.39, 0.29) is 23.4 Å². The number of amides is 1. The molecule has 1 unspecified atom stereocenters. The molecule has 2 N–H and O–H groups in total. The second kappa shape index (κ2) is 5.90. The lowest BCUT2D eigenvalue weighted by Gasteiger charge is -2.17. The molecule has 20 heavy (non-hydrogen) atoms. The summed E-state index contributed by atoms with van der Waals surface area (Å²) in [5.41, 5.74) is 0.228. The summed E-state index contributed by atoms with van der Waals surface area (Å²) in [7, 11) is 0. The van der Waals surface area contributed by atoms with Crippen molar-refractivity contribution in [2.75, 3.05) is 11.9 Å². The van der Waals surface area contributed by atoms with Crippen LogP contribution in [-0.2, 0) is 4.79 Å². The minimum Gasteiger partial charge on any atom is -0.404 e. The third-order valence-corrected chi connectivity index (χ3v) is 3.29. The van der Waals surface area contributed by atoms with E-state index in [1.165, 1.54) is 12.1 Å². The number of nitrogens with one attached hydrogen (secondary N) is 2. The molecule has 1 aliphatic heterocycles. The number of benzene rings is 1. The van der Waals surface area contributed by atoms with Crippen LogP contribution < -0.4 is 15.4 Å². The highest BCUT2D eigenvalue weighted by Gasteiger charge is 2.32. The highest BCUT2D eigenvalue weighted by molar-refractivity contribution is 9.10. The van der Waals surface area contributed by atoms with Crippen LogP contribution in [-0.4, -0.2) is 24.9 Å². The SMILES string of the molecule is O=C1CCC(CNc2ccc(Br)cc2OC(F)(F)F)N1. The van der Waals surface area contributed by atoms with Gasteiger partial charge < -0.3 is 15.4 Å². The van der Waals surface area contributed by atoms with Gasteiger partial charge in [-0.15, -0.1) is 13.2 Å². The Hall–Kier alpha value is -1.44. The zero-order valence-electron chi connectivity index (χ0n) is 10.3. The molecule has 0 spiro atoms. The van der Waals surface area contributed by atoms with Crippen molar-refractivity contribution in [3.05, 3.63) is 22.7 Å². The summed E-state index contributed by atoms with van der Waals surface area (Å²) in [6.45, 7) is 0.349. The normalized spacial score (nSPS) is 18.8. The first-order valence-corrected chi connectivity index (χ1v) is 6.71. The zero-order chi connectivity index (χ0) is 14.8. The fourth-order valence-electron chi connectivity index (χ4n) is 1.91. The van der Waals surface area contributed by atoms with Gasteiger partial charge in [-0.1, -0.05) is 15.9 Å². The molecule has 110 valence electrons. The Bertz CT molecular complexity index is 508. The Kier molecular flexibility index (Phi) is 4.42. The molecule has 1 aromatic carbocycles. The van der Waals surface area contributed by atoms with Crippen LogP contribution in [0.3, 0.4) is 0 Å². The highest BCUT2D eigenvalue weighted by atomic mass is 79.9. The maximum absolute atomic E-state index is 12.3. The molecule has 8 heteroatoms. The largest absolute Gasteiger partial charge is 0.573 e. The van der Waals surface area contributed by atoms with E-state index in [2.05, 4.69) is 31.3 Å². The Morgan fingerprint density at radius 1 is 1.45 bits per heavy atom. The summed E-state index contributed by atoms with van der Waals surface area (Å²) in [5, 5.41) is 5.59. The summed E-state index contributed by atoms with van der Waals surface area (Å²) < 4.78 is 41.4. The molecule has 1 saturated heterocycles. The first-order chi connectivity index (χ1) is 9.33. The molecule has 0 bridgehead atoms. The number of carbonyl (C=O) groups excluding carboxylic acids is 1. The quantitative estimate of drug-likeness (QED) is 0.875. The Balaban J connectivity index is 2.04. The van der Waals surface area contributed by atoms with Crippen LogP contribution >= 0.6 is 15.9 Å². The van der Waals surface area contributed by atoms with Gasteiger partial charge in [0.25, 0.3) is 0 Å². The number of anilines is 1. The first kappa shape index (κ1) is 15.0. The molecule has 0 saturated carbocycles. The smallest absolute Gasteiger partial charge is 0.404 e. The lowest BCUT2D eigenvalue weighted by Crippen LogP contribution is -2.32. The topological polar surface area (TPSA) is 50.4 Å². The van der Waals surface area contributed by atoms with Crippen molar-refractivity contribution in [3.63, 3.8) is 0 Å². The van der Waals surface area contributed by atoms with Gasteiger partial charge in [0, 0.05) is 23.5 Å². The number of hydrogen-bond donors (Lipinski definition) is 2. The van der Waals surface area contributed by atoms with Crippen molar-refractivity contribution in [2.24, 2.45) is 0 Å². The first-order valence-electron chi connectivity index (χ1n) is 5.92. The minimum atomic E-state index is -4.75. The van der Waals surface area contributed by atoms with Gasteiger partial charge in [0.15, 0.2) is 5.75 Å². The van der Waals surface area contributed by atoms with E-state index in [0.717, 1.165) is 0 Å². The molecule has 1 amide bonds. The molecular weight excluding hydrogens is 341 g/mol. The highest BCUT2D eigenvalue weighted by Crippen LogP contribution is 2.33. The lowest BCUT2D eigenvalue weighted by atomic mass is 10.2. The summed E-state index contributed by atoms with van der Waals surface area (Å²) >= 11 is 3.10. The average molecular weight is 353 g/mol. The molecule has 0 aliphatic carbocycles. The van der Waals surface area contributed by atoms with Gasteiger partial charge in [-0.2, -0.15) is 0 Å². The zero-order valence-corrected chi connectivity index (χ0v) is 11.8. The van der Waals surface area contributed by atoms with Crippen molar-refractivity contribution >= 4 is 27.5 Å². The molecule has 0 radical (unpaired) electrons. The van der Waals surface area contributed by atoms with Gasteiger partial charge in [0.2, 0.25) is 5.91 Å². The molecule has 1 heterocycles. The average Bonchev–Trinajstić information content (AvgIpc) is 2.72. The molecule has 1 fully saturated rings. The van der Waals surface area contributed by atoms with E-state index in [9.17, 15) is 18.0 Å².